The molecule has 1 aliphatic carbocycles. The molecule has 1 heterocycles. The molecule has 1 saturated heterocycles. The Morgan fingerprint density at radius 2 is 2.00 bits per heavy atom. The molecule has 0 radical (unpaired) electrons. The molecule has 2 fully saturated rings. The van der Waals surface area contributed by atoms with Gasteiger partial charge in [0.05, 0.1) is 25.4 Å². The van der Waals surface area contributed by atoms with Crippen molar-refractivity contribution in [3.63, 3.8) is 0 Å². The molecule has 2 N–H and O–H groups in total. The van der Waals surface area contributed by atoms with Crippen molar-refractivity contribution in [1.29, 1.82) is 0 Å². The van der Waals surface area contributed by atoms with Gasteiger partial charge in [-0.05, 0) is 19.3 Å². The molecule has 64 valence electrons. The number of ether oxygens (including phenoxy) is 1. The molecule has 3 heteroatoms. The third-order valence-electron chi connectivity index (χ3n) is 2.94. The molecule has 0 amide bonds. The lowest BCUT2D eigenvalue weighted by atomic mass is 9.83. The second-order valence-corrected chi connectivity index (χ2v) is 4.05. The number of rotatable bonds is 1. The summed E-state index contributed by atoms with van der Waals surface area (Å²) < 4.78 is 5.11. The predicted octanol–water partition coefficient (Wildman–Crippen LogP) is -0.0897. The van der Waals surface area contributed by atoms with Crippen LogP contribution < -0.4 is 0 Å². The van der Waals surface area contributed by atoms with Crippen LogP contribution in [0.2, 0.25) is 0 Å². The van der Waals surface area contributed by atoms with E-state index in [0.717, 1.165) is 32.5 Å². The molecule has 1 spiro atoms. The highest BCUT2D eigenvalue weighted by atomic mass is 16.5. The van der Waals surface area contributed by atoms with Gasteiger partial charge in [0.25, 0.3) is 0 Å². The van der Waals surface area contributed by atoms with Crippen LogP contribution in [0.15, 0.2) is 0 Å². The maximum atomic E-state index is 9.70. The Labute approximate surface area is 66.0 Å². The van der Waals surface area contributed by atoms with E-state index in [9.17, 15) is 5.11 Å². The first kappa shape index (κ1) is 7.53. The van der Waals surface area contributed by atoms with E-state index in [0.29, 0.717) is 0 Å². The van der Waals surface area contributed by atoms with Gasteiger partial charge >= 0.3 is 0 Å². The number of aliphatic hydroxyl groups is 2. The SMILES string of the molecule is OCC1(O)CCC2(COC2)C1. The Bertz CT molecular complexity index is 155. The summed E-state index contributed by atoms with van der Waals surface area (Å²) in [6.07, 6.45) is 2.45. The van der Waals surface area contributed by atoms with Crippen molar-refractivity contribution in [2.45, 2.75) is 24.9 Å². The van der Waals surface area contributed by atoms with Crippen molar-refractivity contribution >= 4 is 0 Å². The van der Waals surface area contributed by atoms with Crippen LogP contribution in [0.3, 0.4) is 0 Å². The Morgan fingerprint density at radius 1 is 1.27 bits per heavy atom. The van der Waals surface area contributed by atoms with Gasteiger partial charge in [-0.15, -0.1) is 0 Å². The molecule has 2 rings (SSSR count). The zero-order chi connectivity index (χ0) is 7.95. The summed E-state index contributed by atoms with van der Waals surface area (Å²) >= 11 is 0. The van der Waals surface area contributed by atoms with Crippen molar-refractivity contribution in [2.75, 3.05) is 19.8 Å². The molecule has 2 aliphatic rings. The standard InChI is InChI=1S/C8H14O3/c9-4-8(10)2-1-7(3-8)5-11-6-7/h9-10H,1-6H2. The summed E-state index contributed by atoms with van der Waals surface area (Å²) in [6.45, 7) is 1.44. The van der Waals surface area contributed by atoms with Crippen molar-refractivity contribution in [3.8, 4) is 0 Å². The lowest BCUT2D eigenvalue weighted by Crippen LogP contribution is -2.43. The van der Waals surface area contributed by atoms with Gasteiger partial charge in [-0.3, -0.25) is 0 Å². The highest BCUT2D eigenvalue weighted by molar-refractivity contribution is 5.00. The first-order chi connectivity index (χ1) is 5.18. The van der Waals surface area contributed by atoms with Crippen molar-refractivity contribution in [1.82, 2.24) is 0 Å². The minimum Gasteiger partial charge on any atom is -0.393 e. The monoisotopic (exact) mass is 158 g/mol. The molecule has 0 aromatic rings. The van der Waals surface area contributed by atoms with E-state index < -0.39 is 5.60 Å². The van der Waals surface area contributed by atoms with Gasteiger partial charge in [-0.25, -0.2) is 0 Å². The Hall–Kier alpha value is -0.120. The minimum absolute atomic E-state index is 0.102. The molecule has 0 aromatic carbocycles. The molecule has 1 aliphatic heterocycles. The average Bonchev–Trinajstić information content (AvgIpc) is 2.29. The fraction of sp³-hybridized carbons (Fsp3) is 1.00. The zero-order valence-corrected chi connectivity index (χ0v) is 6.55. The van der Waals surface area contributed by atoms with Gasteiger partial charge < -0.3 is 14.9 Å². The van der Waals surface area contributed by atoms with E-state index in [1.54, 1.807) is 0 Å². The smallest absolute Gasteiger partial charge is 0.0884 e. The first-order valence-electron chi connectivity index (χ1n) is 4.09. The third-order valence-corrected chi connectivity index (χ3v) is 2.94. The van der Waals surface area contributed by atoms with Crippen LogP contribution in [0, 0.1) is 5.41 Å². The van der Waals surface area contributed by atoms with Crippen LogP contribution in [0.1, 0.15) is 19.3 Å². The highest BCUT2D eigenvalue weighted by Crippen LogP contribution is 2.48. The summed E-state index contributed by atoms with van der Waals surface area (Å²) in [4.78, 5) is 0. The molecule has 1 saturated carbocycles. The second-order valence-electron chi connectivity index (χ2n) is 4.05. The number of aliphatic hydroxyl groups excluding tert-OH is 1. The lowest BCUT2D eigenvalue weighted by Gasteiger charge is -2.38. The van der Waals surface area contributed by atoms with E-state index in [4.69, 9.17) is 9.84 Å². The van der Waals surface area contributed by atoms with Gasteiger partial charge in [0.2, 0.25) is 0 Å². The van der Waals surface area contributed by atoms with Crippen LogP contribution in [0.25, 0.3) is 0 Å². The molecule has 1 atom stereocenters. The molecule has 1 unspecified atom stereocenters. The van der Waals surface area contributed by atoms with Gasteiger partial charge in [-0.2, -0.15) is 0 Å². The quantitative estimate of drug-likeness (QED) is 0.560. The molecule has 0 bridgehead atoms. The summed E-state index contributed by atoms with van der Waals surface area (Å²) in [6, 6.07) is 0. The normalized spacial score (nSPS) is 40.9. The van der Waals surface area contributed by atoms with Gasteiger partial charge in [0.15, 0.2) is 0 Å². The number of hydrogen-bond donors (Lipinski definition) is 2. The molecular weight excluding hydrogens is 144 g/mol. The Morgan fingerprint density at radius 3 is 2.27 bits per heavy atom. The third kappa shape index (κ3) is 1.08. The van der Waals surface area contributed by atoms with E-state index in [1.165, 1.54) is 0 Å². The summed E-state index contributed by atoms with van der Waals surface area (Å²) in [5.41, 5.74) is -0.582. The maximum absolute atomic E-state index is 9.70. The van der Waals surface area contributed by atoms with Gasteiger partial charge in [0, 0.05) is 5.41 Å². The average molecular weight is 158 g/mol. The van der Waals surface area contributed by atoms with Crippen LogP contribution in [-0.4, -0.2) is 35.6 Å². The van der Waals surface area contributed by atoms with E-state index in [-0.39, 0.29) is 12.0 Å². The van der Waals surface area contributed by atoms with Crippen LogP contribution >= 0.6 is 0 Å². The second kappa shape index (κ2) is 2.19. The van der Waals surface area contributed by atoms with Crippen molar-refractivity contribution in [2.24, 2.45) is 5.41 Å². The molecule has 3 nitrogen and oxygen atoms in total. The van der Waals surface area contributed by atoms with Crippen LogP contribution in [0.5, 0.6) is 0 Å². The van der Waals surface area contributed by atoms with Crippen LogP contribution in [0.4, 0.5) is 0 Å². The summed E-state index contributed by atoms with van der Waals surface area (Å²) in [5, 5.41) is 18.6. The van der Waals surface area contributed by atoms with Crippen LogP contribution in [-0.2, 0) is 4.74 Å². The fourth-order valence-corrected chi connectivity index (χ4v) is 2.14. The highest BCUT2D eigenvalue weighted by Gasteiger charge is 2.51. The van der Waals surface area contributed by atoms with Gasteiger partial charge in [-0.1, -0.05) is 0 Å². The number of hydrogen-bond acceptors (Lipinski definition) is 3. The van der Waals surface area contributed by atoms with E-state index >= 15 is 0 Å². The predicted molar refractivity (Wildman–Crippen MR) is 39.1 cm³/mol. The van der Waals surface area contributed by atoms with E-state index in [2.05, 4.69) is 0 Å². The maximum Gasteiger partial charge on any atom is 0.0884 e. The largest absolute Gasteiger partial charge is 0.393 e. The first-order valence-corrected chi connectivity index (χ1v) is 4.09. The molecule has 11 heavy (non-hydrogen) atoms. The zero-order valence-electron chi connectivity index (χ0n) is 6.55. The lowest BCUT2D eigenvalue weighted by molar-refractivity contribution is -0.125. The molecular formula is C8H14O3. The Kier molecular flexibility index (Phi) is 1.50. The summed E-state index contributed by atoms with van der Waals surface area (Å²) in [7, 11) is 0. The van der Waals surface area contributed by atoms with Gasteiger partial charge in [0.1, 0.15) is 0 Å². The fourth-order valence-electron chi connectivity index (χ4n) is 2.14. The topological polar surface area (TPSA) is 49.7 Å². The minimum atomic E-state index is -0.802. The molecule has 0 aromatic heterocycles. The Balaban J connectivity index is 2.02. The van der Waals surface area contributed by atoms with Crippen molar-refractivity contribution < 1.29 is 14.9 Å². The van der Waals surface area contributed by atoms with Crippen molar-refractivity contribution in [3.05, 3.63) is 0 Å². The van der Waals surface area contributed by atoms with E-state index in [1.807, 2.05) is 0 Å². The summed E-state index contributed by atoms with van der Waals surface area (Å²) in [5.74, 6) is 0.